The number of halogens is 1. The Morgan fingerprint density at radius 2 is 1.70 bits per heavy atom. The van der Waals surface area contributed by atoms with E-state index in [2.05, 4.69) is 4.90 Å². The smallest absolute Gasteiger partial charge is 0.243 e. The van der Waals surface area contributed by atoms with Crippen molar-refractivity contribution in [3.8, 4) is 0 Å². The van der Waals surface area contributed by atoms with Crippen molar-refractivity contribution in [2.45, 2.75) is 20.8 Å². The van der Waals surface area contributed by atoms with Crippen molar-refractivity contribution in [3.05, 3.63) is 58.1 Å². The maximum atomic E-state index is 13.0. The minimum Gasteiger partial charge on any atom is -0.368 e. The lowest BCUT2D eigenvalue weighted by Crippen LogP contribution is -2.52. The first kappa shape index (κ1) is 22.4. The van der Waals surface area contributed by atoms with Gasteiger partial charge in [0.2, 0.25) is 15.9 Å². The Kier molecular flexibility index (Phi) is 6.62. The molecule has 8 heteroatoms. The van der Waals surface area contributed by atoms with Crippen LogP contribution < -0.4 is 9.21 Å². The predicted octanol–water partition coefficient (Wildman–Crippen LogP) is 3.38. The molecule has 1 amide bonds. The average Bonchev–Trinajstić information content (AvgIpc) is 2.69. The van der Waals surface area contributed by atoms with Crippen LogP contribution in [0.4, 0.5) is 11.4 Å². The van der Waals surface area contributed by atoms with E-state index in [9.17, 15) is 13.2 Å². The van der Waals surface area contributed by atoms with Crippen LogP contribution in [0.5, 0.6) is 0 Å². The number of carbonyl (C=O) groups excluding carboxylic acids is 1. The van der Waals surface area contributed by atoms with Crippen molar-refractivity contribution in [3.63, 3.8) is 0 Å². The summed E-state index contributed by atoms with van der Waals surface area (Å²) in [6, 6.07) is 11.3. The van der Waals surface area contributed by atoms with Gasteiger partial charge >= 0.3 is 0 Å². The summed E-state index contributed by atoms with van der Waals surface area (Å²) in [5, 5.41) is 0.687. The van der Waals surface area contributed by atoms with Gasteiger partial charge in [-0.2, -0.15) is 0 Å². The summed E-state index contributed by atoms with van der Waals surface area (Å²) in [5.74, 6) is -0.191. The average molecular weight is 450 g/mol. The van der Waals surface area contributed by atoms with Crippen LogP contribution in [0.15, 0.2) is 36.4 Å². The van der Waals surface area contributed by atoms with Gasteiger partial charge in [0.25, 0.3) is 0 Å². The fraction of sp³-hybridized carbons (Fsp3) is 0.409. The summed E-state index contributed by atoms with van der Waals surface area (Å²) in [5.41, 5.74) is 4.61. The largest absolute Gasteiger partial charge is 0.368 e. The Labute approximate surface area is 184 Å². The van der Waals surface area contributed by atoms with Crippen LogP contribution in [-0.2, 0) is 14.8 Å². The summed E-state index contributed by atoms with van der Waals surface area (Å²) in [7, 11) is -3.59. The van der Waals surface area contributed by atoms with E-state index in [1.165, 1.54) is 4.31 Å². The molecule has 2 aromatic rings. The minimum absolute atomic E-state index is 0.191. The van der Waals surface area contributed by atoms with Crippen LogP contribution in [0.3, 0.4) is 0 Å². The number of amides is 1. The zero-order chi connectivity index (χ0) is 22.1. The van der Waals surface area contributed by atoms with Crippen molar-refractivity contribution in [1.82, 2.24) is 4.90 Å². The molecule has 30 heavy (non-hydrogen) atoms. The highest BCUT2D eigenvalue weighted by Gasteiger charge is 2.28. The number of rotatable bonds is 5. The van der Waals surface area contributed by atoms with Crippen LogP contribution in [0.1, 0.15) is 16.7 Å². The van der Waals surface area contributed by atoms with E-state index in [0.717, 1.165) is 28.6 Å². The molecule has 1 heterocycles. The fourth-order valence-corrected chi connectivity index (χ4v) is 4.80. The third-order valence-electron chi connectivity index (χ3n) is 5.67. The fourth-order valence-electron chi connectivity index (χ4n) is 3.73. The number of aryl methyl sites for hydroxylation is 2. The summed E-state index contributed by atoms with van der Waals surface area (Å²) in [4.78, 5) is 16.9. The molecule has 0 unspecified atom stereocenters. The first-order valence-electron chi connectivity index (χ1n) is 9.90. The van der Waals surface area contributed by atoms with Crippen LogP contribution in [0.2, 0.25) is 5.02 Å². The SMILES string of the molecule is Cc1ccc(Cl)cc1N1CCN(C(=O)CN(c2cccc(C)c2C)S(C)(=O)=O)CC1. The molecule has 0 spiro atoms. The maximum Gasteiger partial charge on any atom is 0.243 e. The van der Waals surface area contributed by atoms with E-state index in [0.29, 0.717) is 36.9 Å². The van der Waals surface area contributed by atoms with Crippen molar-refractivity contribution < 1.29 is 13.2 Å². The minimum atomic E-state index is -3.59. The topological polar surface area (TPSA) is 60.9 Å². The summed E-state index contributed by atoms with van der Waals surface area (Å²) in [6.45, 7) is 8.07. The number of sulfonamides is 1. The number of hydrogen-bond donors (Lipinski definition) is 0. The Morgan fingerprint density at radius 1 is 1.03 bits per heavy atom. The molecule has 0 bridgehead atoms. The van der Waals surface area contributed by atoms with E-state index >= 15 is 0 Å². The molecule has 6 nitrogen and oxygen atoms in total. The van der Waals surface area contributed by atoms with Crippen molar-refractivity contribution in [2.24, 2.45) is 0 Å². The van der Waals surface area contributed by atoms with E-state index in [4.69, 9.17) is 11.6 Å². The highest BCUT2D eigenvalue weighted by molar-refractivity contribution is 7.92. The Morgan fingerprint density at radius 3 is 2.33 bits per heavy atom. The van der Waals surface area contributed by atoms with E-state index in [1.54, 1.807) is 11.0 Å². The molecular formula is C22H28ClN3O3S. The third kappa shape index (κ3) is 4.90. The molecule has 0 saturated carbocycles. The molecule has 1 aliphatic heterocycles. The molecule has 0 atom stereocenters. The molecule has 1 fully saturated rings. The van der Waals surface area contributed by atoms with Gasteiger partial charge in [0.1, 0.15) is 6.54 Å². The quantitative estimate of drug-likeness (QED) is 0.702. The van der Waals surface area contributed by atoms with Gasteiger partial charge in [-0.05, 0) is 55.7 Å². The standard InChI is InChI=1S/C22H28ClN3O3S/c1-16-6-5-7-20(18(16)3)26(30(4,28)29)15-22(27)25-12-10-24(11-13-25)21-14-19(23)9-8-17(21)2/h5-9,14H,10-13,15H2,1-4H3. The van der Waals surface area contributed by atoms with Gasteiger partial charge in [-0.3, -0.25) is 9.10 Å². The molecule has 162 valence electrons. The van der Waals surface area contributed by atoms with Crippen LogP contribution in [-0.4, -0.2) is 58.2 Å². The second kappa shape index (κ2) is 8.86. The monoisotopic (exact) mass is 449 g/mol. The molecule has 1 saturated heterocycles. The van der Waals surface area contributed by atoms with Crippen molar-refractivity contribution in [2.75, 3.05) is 48.2 Å². The van der Waals surface area contributed by atoms with Crippen molar-refractivity contribution in [1.29, 1.82) is 0 Å². The summed E-state index contributed by atoms with van der Waals surface area (Å²) in [6.07, 6.45) is 1.14. The van der Waals surface area contributed by atoms with Gasteiger partial charge in [-0.15, -0.1) is 0 Å². The van der Waals surface area contributed by atoms with Crippen LogP contribution >= 0.6 is 11.6 Å². The van der Waals surface area contributed by atoms with Gasteiger partial charge in [0.15, 0.2) is 0 Å². The molecular weight excluding hydrogens is 422 g/mol. The highest BCUT2D eigenvalue weighted by atomic mass is 35.5. The number of hydrogen-bond acceptors (Lipinski definition) is 4. The zero-order valence-electron chi connectivity index (χ0n) is 17.9. The normalized spacial score (nSPS) is 14.7. The van der Waals surface area contributed by atoms with Crippen LogP contribution in [0.25, 0.3) is 0 Å². The highest BCUT2D eigenvalue weighted by Crippen LogP contribution is 2.27. The Hall–Kier alpha value is -2.25. The summed E-state index contributed by atoms with van der Waals surface area (Å²) >= 11 is 6.14. The van der Waals surface area contributed by atoms with Crippen molar-refractivity contribution >= 4 is 38.9 Å². The molecule has 2 aromatic carbocycles. The first-order chi connectivity index (χ1) is 14.1. The second-order valence-electron chi connectivity index (χ2n) is 7.79. The van der Waals surface area contributed by atoms with E-state index < -0.39 is 10.0 Å². The Balaban J connectivity index is 1.72. The number of benzene rings is 2. The van der Waals surface area contributed by atoms with Gasteiger partial charge in [0, 0.05) is 36.9 Å². The van der Waals surface area contributed by atoms with E-state index in [1.807, 2.05) is 51.1 Å². The lowest BCUT2D eigenvalue weighted by molar-refractivity contribution is -0.129. The molecule has 0 radical (unpaired) electrons. The van der Waals surface area contributed by atoms with Gasteiger partial charge < -0.3 is 9.80 Å². The zero-order valence-corrected chi connectivity index (χ0v) is 19.4. The van der Waals surface area contributed by atoms with Gasteiger partial charge in [0.05, 0.1) is 11.9 Å². The molecule has 3 rings (SSSR count). The first-order valence-corrected chi connectivity index (χ1v) is 12.1. The predicted molar refractivity (Wildman–Crippen MR) is 123 cm³/mol. The lowest BCUT2D eigenvalue weighted by Gasteiger charge is -2.37. The molecule has 0 N–H and O–H groups in total. The lowest BCUT2D eigenvalue weighted by atomic mass is 10.1. The maximum absolute atomic E-state index is 13.0. The van der Waals surface area contributed by atoms with Gasteiger partial charge in [-0.1, -0.05) is 29.8 Å². The number of piperazine rings is 1. The summed E-state index contributed by atoms with van der Waals surface area (Å²) < 4.78 is 26.1. The third-order valence-corrected chi connectivity index (χ3v) is 7.03. The Bertz CT molecular complexity index is 1050. The van der Waals surface area contributed by atoms with E-state index in [-0.39, 0.29) is 12.5 Å². The number of carbonyl (C=O) groups is 1. The molecule has 0 aromatic heterocycles. The van der Waals surface area contributed by atoms with Gasteiger partial charge in [-0.25, -0.2) is 8.42 Å². The number of nitrogens with zero attached hydrogens (tertiary/aromatic N) is 3. The number of anilines is 2. The van der Waals surface area contributed by atoms with Crippen LogP contribution in [0, 0.1) is 20.8 Å². The second-order valence-corrected chi connectivity index (χ2v) is 10.1. The molecule has 0 aliphatic carbocycles. The molecule has 1 aliphatic rings.